The predicted molar refractivity (Wildman–Crippen MR) is 109 cm³/mol. The Morgan fingerprint density at radius 2 is 1.50 bits per heavy atom. The van der Waals surface area contributed by atoms with Crippen LogP contribution in [0.3, 0.4) is 0 Å². The van der Waals surface area contributed by atoms with Crippen LogP contribution in [0.15, 0.2) is 78.9 Å². The van der Waals surface area contributed by atoms with Crippen LogP contribution in [0, 0.1) is 5.92 Å². The van der Waals surface area contributed by atoms with E-state index in [-0.39, 0.29) is 24.2 Å². The number of imide groups is 1. The van der Waals surface area contributed by atoms with E-state index in [2.05, 4.69) is 0 Å². The van der Waals surface area contributed by atoms with Gasteiger partial charge in [-0.1, -0.05) is 41.9 Å². The number of ether oxygens (including phenoxy) is 1. The number of anilines is 1. The molecule has 0 N–H and O–H groups in total. The Morgan fingerprint density at radius 1 is 0.857 bits per heavy atom. The molecule has 0 bridgehead atoms. The van der Waals surface area contributed by atoms with Gasteiger partial charge < -0.3 is 4.74 Å². The van der Waals surface area contributed by atoms with Crippen LogP contribution in [0.4, 0.5) is 5.69 Å². The van der Waals surface area contributed by atoms with E-state index in [1.807, 2.05) is 42.5 Å². The number of nitrogens with zero attached hydrogens (tertiary/aromatic N) is 1. The van der Waals surface area contributed by atoms with Gasteiger partial charge in [0.25, 0.3) is 0 Å². The lowest BCUT2D eigenvalue weighted by atomic mass is 9.98. The summed E-state index contributed by atoms with van der Waals surface area (Å²) in [5.74, 6) is 0.671. The maximum atomic E-state index is 12.8. The molecule has 4 rings (SSSR count). The largest absolute Gasteiger partial charge is 0.457 e. The minimum Gasteiger partial charge on any atom is -0.457 e. The quantitative estimate of drug-likeness (QED) is 0.558. The fraction of sp³-hybridized carbons (Fsp3) is 0.130. The van der Waals surface area contributed by atoms with Crippen LogP contribution in [0.25, 0.3) is 0 Å². The summed E-state index contributed by atoms with van der Waals surface area (Å²) >= 11 is 5.91. The molecule has 1 aliphatic heterocycles. The summed E-state index contributed by atoms with van der Waals surface area (Å²) in [6.45, 7) is 0. The van der Waals surface area contributed by atoms with Crippen molar-refractivity contribution in [3.8, 4) is 11.5 Å². The third-order valence-electron chi connectivity index (χ3n) is 4.71. The highest BCUT2D eigenvalue weighted by Crippen LogP contribution is 2.31. The summed E-state index contributed by atoms with van der Waals surface area (Å²) in [6.07, 6.45) is 0.733. The molecule has 1 saturated heterocycles. The Hall–Kier alpha value is -3.11. The summed E-state index contributed by atoms with van der Waals surface area (Å²) in [5.41, 5.74) is 1.55. The first-order valence-electron chi connectivity index (χ1n) is 9.04. The maximum absolute atomic E-state index is 12.8. The molecule has 28 heavy (non-hydrogen) atoms. The van der Waals surface area contributed by atoms with Gasteiger partial charge >= 0.3 is 0 Å². The molecule has 0 spiro atoms. The lowest BCUT2D eigenvalue weighted by Gasteiger charge is -2.16. The number of para-hydroxylation sites is 1. The molecule has 3 aromatic carbocycles. The molecule has 0 aromatic heterocycles. The fourth-order valence-electron chi connectivity index (χ4n) is 3.32. The molecular weight excluding hydrogens is 374 g/mol. The van der Waals surface area contributed by atoms with Crippen LogP contribution in [0.2, 0.25) is 5.02 Å². The molecule has 140 valence electrons. The lowest BCUT2D eigenvalue weighted by molar-refractivity contribution is -0.122. The van der Waals surface area contributed by atoms with E-state index in [0.29, 0.717) is 22.9 Å². The molecule has 0 saturated carbocycles. The van der Waals surface area contributed by atoms with Crippen molar-refractivity contribution >= 4 is 29.1 Å². The smallest absolute Gasteiger partial charge is 0.237 e. The number of rotatable bonds is 5. The summed E-state index contributed by atoms with van der Waals surface area (Å²) in [5, 5.41) is 0.650. The van der Waals surface area contributed by atoms with E-state index in [4.69, 9.17) is 16.3 Å². The third kappa shape index (κ3) is 3.92. The van der Waals surface area contributed by atoms with Gasteiger partial charge in [0, 0.05) is 11.4 Å². The van der Waals surface area contributed by atoms with Gasteiger partial charge in [0.15, 0.2) is 0 Å². The number of halogens is 1. The van der Waals surface area contributed by atoms with E-state index < -0.39 is 0 Å². The number of carbonyl (C=O) groups excluding carboxylic acids is 2. The SMILES string of the molecule is O=C1CC(Cc2ccc(Cl)cc2)C(=O)N1c1ccc(Oc2ccccc2)cc1. The van der Waals surface area contributed by atoms with E-state index in [1.165, 1.54) is 4.90 Å². The molecule has 1 heterocycles. The van der Waals surface area contributed by atoms with E-state index >= 15 is 0 Å². The van der Waals surface area contributed by atoms with Gasteiger partial charge in [0.05, 0.1) is 11.6 Å². The standard InChI is InChI=1S/C23H18ClNO3/c24-18-8-6-16(7-9-18)14-17-15-22(26)25(23(17)27)19-10-12-21(13-11-19)28-20-4-2-1-3-5-20/h1-13,17H,14-15H2. The van der Waals surface area contributed by atoms with Gasteiger partial charge in [-0.3, -0.25) is 14.5 Å². The average Bonchev–Trinajstić information content (AvgIpc) is 2.98. The van der Waals surface area contributed by atoms with Crippen LogP contribution < -0.4 is 9.64 Å². The number of hydrogen-bond donors (Lipinski definition) is 0. The first-order chi connectivity index (χ1) is 13.6. The Kier molecular flexibility index (Phi) is 5.13. The summed E-state index contributed by atoms with van der Waals surface area (Å²) < 4.78 is 5.76. The molecule has 1 aliphatic rings. The summed E-state index contributed by atoms with van der Waals surface area (Å²) in [7, 11) is 0. The molecular formula is C23H18ClNO3. The van der Waals surface area contributed by atoms with Gasteiger partial charge in [-0.25, -0.2) is 0 Å². The van der Waals surface area contributed by atoms with Gasteiger partial charge in [-0.2, -0.15) is 0 Å². The normalized spacial score (nSPS) is 16.5. The highest BCUT2D eigenvalue weighted by molar-refractivity contribution is 6.30. The predicted octanol–water partition coefficient (Wildman–Crippen LogP) is 5.25. The van der Waals surface area contributed by atoms with Crippen molar-refractivity contribution in [1.82, 2.24) is 0 Å². The van der Waals surface area contributed by atoms with Crippen molar-refractivity contribution < 1.29 is 14.3 Å². The van der Waals surface area contributed by atoms with Crippen molar-refractivity contribution in [2.45, 2.75) is 12.8 Å². The van der Waals surface area contributed by atoms with Gasteiger partial charge in [0.2, 0.25) is 11.8 Å². The Bertz CT molecular complexity index is 985. The number of carbonyl (C=O) groups is 2. The van der Waals surface area contributed by atoms with Gasteiger partial charge in [0.1, 0.15) is 11.5 Å². The molecule has 0 radical (unpaired) electrons. The zero-order chi connectivity index (χ0) is 19.5. The van der Waals surface area contributed by atoms with Crippen molar-refractivity contribution in [2.75, 3.05) is 4.90 Å². The molecule has 0 aliphatic carbocycles. The summed E-state index contributed by atoms with van der Waals surface area (Å²) in [4.78, 5) is 26.6. The van der Waals surface area contributed by atoms with Crippen LogP contribution in [0.5, 0.6) is 11.5 Å². The lowest BCUT2D eigenvalue weighted by Crippen LogP contribution is -2.30. The van der Waals surface area contributed by atoms with E-state index in [0.717, 1.165) is 11.3 Å². The van der Waals surface area contributed by atoms with Gasteiger partial charge in [-0.05, 0) is 60.5 Å². The molecule has 4 nitrogen and oxygen atoms in total. The Balaban J connectivity index is 1.47. The molecule has 3 aromatic rings. The molecule has 1 atom stereocenters. The first-order valence-corrected chi connectivity index (χ1v) is 9.42. The second-order valence-corrected chi connectivity index (χ2v) is 7.14. The van der Waals surface area contributed by atoms with Crippen molar-refractivity contribution in [2.24, 2.45) is 5.92 Å². The van der Waals surface area contributed by atoms with Crippen LogP contribution >= 0.6 is 11.6 Å². The average molecular weight is 392 g/mol. The molecule has 1 unspecified atom stereocenters. The molecule has 1 fully saturated rings. The highest BCUT2D eigenvalue weighted by atomic mass is 35.5. The zero-order valence-electron chi connectivity index (χ0n) is 15.0. The minimum atomic E-state index is -0.353. The second kappa shape index (κ2) is 7.87. The van der Waals surface area contributed by atoms with Crippen LogP contribution in [0.1, 0.15) is 12.0 Å². The van der Waals surface area contributed by atoms with Crippen LogP contribution in [-0.2, 0) is 16.0 Å². The van der Waals surface area contributed by atoms with Crippen molar-refractivity contribution in [3.05, 3.63) is 89.4 Å². The maximum Gasteiger partial charge on any atom is 0.237 e. The topological polar surface area (TPSA) is 46.6 Å². The minimum absolute atomic E-state index is 0.170. The molecule has 5 heteroatoms. The monoisotopic (exact) mass is 391 g/mol. The summed E-state index contributed by atoms with van der Waals surface area (Å²) in [6, 6.07) is 23.8. The third-order valence-corrected chi connectivity index (χ3v) is 4.96. The van der Waals surface area contributed by atoms with Gasteiger partial charge in [-0.15, -0.1) is 0 Å². The highest BCUT2D eigenvalue weighted by Gasteiger charge is 2.39. The Morgan fingerprint density at radius 3 is 2.18 bits per heavy atom. The fourth-order valence-corrected chi connectivity index (χ4v) is 3.44. The Labute approximate surface area is 168 Å². The van der Waals surface area contributed by atoms with Crippen molar-refractivity contribution in [3.63, 3.8) is 0 Å². The first kappa shape index (κ1) is 18.3. The second-order valence-electron chi connectivity index (χ2n) is 6.71. The van der Waals surface area contributed by atoms with Crippen molar-refractivity contribution in [1.29, 1.82) is 0 Å². The zero-order valence-corrected chi connectivity index (χ0v) is 15.8. The van der Waals surface area contributed by atoms with E-state index in [1.54, 1.807) is 36.4 Å². The van der Waals surface area contributed by atoms with Crippen LogP contribution in [-0.4, -0.2) is 11.8 Å². The molecule has 2 amide bonds. The van der Waals surface area contributed by atoms with E-state index in [9.17, 15) is 9.59 Å². The number of amides is 2. The number of hydrogen-bond acceptors (Lipinski definition) is 3. The number of benzene rings is 3.